The molecule has 0 aliphatic carbocycles. The average Bonchev–Trinajstić information content (AvgIpc) is 2.64. The summed E-state index contributed by atoms with van der Waals surface area (Å²) in [7, 11) is 0. The van der Waals surface area contributed by atoms with Crippen LogP contribution in [-0.2, 0) is 30.4 Å². The largest absolute Gasteiger partial charge is 0.465 e. The van der Waals surface area contributed by atoms with Gasteiger partial charge in [0.25, 0.3) is 5.91 Å². The van der Waals surface area contributed by atoms with Crippen LogP contribution in [-0.4, -0.2) is 59.2 Å². The van der Waals surface area contributed by atoms with Crippen LogP contribution in [0.4, 0.5) is 4.79 Å². The summed E-state index contributed by atoms with van der Waals surface area (Å²) in [6, 6.07) is 8.54. The Labute approximate surface area is 171 Å². The molecular formula is C21H28N2O6. The van der Waals surface area contributed by atoms with E-state index in [1.165, 1.54) is 22.2 Å². The average molecular weight is 404 g/mol. The van der Waals surface area contributed by atoms with E-state index >= 15 is 0 Å². The van der Waals surface area contributed by atoms with Crippen LogP contribution in [0, 0.1) is 0 Å². The monoisotopic (exact) mass is 404 g/mol. The van der Waals surface area contributed by atoms with Crippen LogP contribution in [0.3, 0.4) is 0 Å². The first-order valence-electron chi connectivity index (χ1n) is 9.48. The van der Waals surface area contributed by atoms with Gasteiger partial charge in [0.15, 0.2) is 0 Å². The van der Waals surface area contributed by atoms with Gasteiger partial charge in [-0.15, -0.1) is 0 Å². The molecular weight excluding hydrogens is 376 g/mol. The SMILES string of the molecule is CCOC(=O)CN1C=CN(C(=O)OC(C)(C)C)[C@@H](COCc2ccccc2)C1=O. The fourth-order valence-corrected chi connectivity index (χ4v) is 2.63. The Hall–Kier alpha value is -2.87. The van der Waals surface area contributed by atoms with E-state index in [4.69, 9.17) is 14.2 Å². The first kappa shape index (κ1) is 22.4. The summed E-state index contributed by atoms with van der Waals surface area (Å²) < 4.78 is 16.0. The molecule has 8 nitrogen and oxygen atoms in total. The van der Waals surface area contributed by atoms with E-state index in [0.717, 1.165) is 5.56 Å². The maximum Gasteiger partial charge on any atom is 0.415 e. The molecule has 2 amide bonds. The lowest BCUT2D eigenvalue weighted by molar-refractivity contribution is -0.150. The molecule has 1 aromatic carbocycles. The number of esters is 1. The lowest BCUT2D eigenvalue weighted by Crippen LogP contribution is -2.54. The van der Waals surface area contributed by atoms with Crippen molar-refractivity contribution >= 4 is 18.0 Å². The third-order valence-electron chi connectivity index (χ3n) is 3.91. The Bertz CT molecular complexity index is 741. The predicted octanol–water partition coefficient (Wildman–Crippen LogP) is 2.69. The number of hydrogen-bond acceptors (Lipinski definition) is 6. The van der Waals surface area contributed by atoms with Gasteiger partial charge in [-0.3, -0.25) is 14.5 Å². The molecule has 1 heterocycles. The van der Waals surface area contributed by atoms with Crippen molar-refractivity contribution in [2.75, 3.05) is 19.8 Å². The number of carbonyl (C=O) groups excluding carboxylic acids is 3. The fourth-order valence-electron chi connectivity index (χ4n) is 2.63. The molecule has 8 heteroatoms. The van der Waals surface area contributed by atoms with Crippen molar-refractivity contribution in [3.8, 4) is 0 Å². The second-order valence-electron chi connectivity index (χ2n) is 7.47. The van der Waals surface area contributed by atoms with E-state index in [0.29, 0.717) is 0 Å². The molecule has 1 aliphatic rings. The molecule has 0 bridgehead atoms. The number of benzene rings is 1. The van der Waals surface area contributed by atoms with Crippen LogP contribution in [0.1, 0.15) is 33.3 Å². The number of amides is 2. The molecule has 2 rings (SSSR count). The van der Waals surface area contributed by atoms with Crippen molar-refractivity contribution in [1.82, 2.24) is 9.80 Å². The Morgan fingerprint density at radius 1 is 1.10 bits per heavy atom. The minimum absolute atomic E-state index is 0.0450. The summed E-state index contributed by atoms with van der Waals surface area (Å²) in [5, 5.41) is 0. The summed E-state index contributed by atoms with van der Waals surface area (Å²) in [4.78, 5) is 39.7. The summed E-state index contributed by atoms with van der Waals surface area (Å²) in [6.07, 6.45) is 2.13. The van der Waals surface area contributed by atoms with Crippen molar-refractivity contribution in [2.45, 2.75) is 45.9 Å². The molecule has 0 fully saturated rings. The van der Waals surface area contributed by atoms with Crippen LogP contribution in [0.15, 0.2) is 42.7 Å². The van der Waals surface area contributed by atoms with Gasteiger partial charge in [0.1, 0.15) is 18.2 Å². The van der Waals surface area contributed by atoms with Crippen LogP contribution in [0.25, 0.3) is 0 Å². The molecule has 158 valence electrons. The van der Waals surface area contributed by atoms with Gasteiger partial charge in [-0.05, 0) is 33.3 Å². The molecule has 0 aromatic heterocycles. The summed E-state index contributed by atoms with van der Waals surface area (Å²) in [5.41, 5.74) is 0.226. The zero-order chi connectivity index (χ0) is 21.4. The molecule has 1 atom stereocenters. The van der Waals surface area contributed by atoms with Gasteiger partial charge in [-0.2, -0.15) is 0 Å². The van der Waals surface area contributed by atoms with E-state index in [2.05, 4.69) is 0 Å². The highest BCUT2D eigenvalue weighted by Crippen LogP contribution is 2.18. The van der Waals surface area contributed by atoms with Crippen LogP contribution < -0.4 is 0 Å². The maximum atomic E-state index is 12.9. The number of carbonyl (C=O) groups is 3. The molecule has 0 saturated heterocycles. The molecule has 1 aliphatic heterocycles. The van der Waals surface area contributed by atoms with Gasteiger partial charge in [0, 0.05) is 12.4 Å². The highest BCUT2D eigenvalue weighted by Gasteiger charge is 2.37. The topological polar surface area (TPSA) is 85.4 Å². The molecule has 1 aromatic rings. The normalized spacial score (nSPS) is 16.7. The maximum absolute atomic E-state index is 12.9. The van der Waals surface area contributed by atoms with Gasteiger partial charge in [-0.25, -0.2) is 4.79 Å². The first-order chi connectivity index (χ1) is 13.7. The minimum Gasteiger partial charge on any atom is -0.465 e. The predicted molar refractivity (Wildman–Crippen MR) is 105 cm³/mol. The second-order valence-corrected chi connectivity index (χ2v) is 7.47. The second kappa shape index (κ2) is 10.1. The molecule has 0 radical (unpaired) electrons. The van der Waals surface area contributed by atoms with Gasteiger partial charge >= 0.3 is 12.1 Å². The highest BCUT2D eigenvalue weighted by molar-refractivity contribution is 5.91. The van der Waals surface area contributed by atoms with Crippen molar-refractivity contribution in [1.29, 1.82) is 0 Å². The van der Waals surface area contributed by atoms with Gasteiger partial charge < -0.3 is 19.1 Å². The first-order valence-corrected chi connectivity index (χ1v) is 9.48. The number of ether oxygens (including phenoxy) is 3. The summed E-state index contributed by atoms with van der Waals surface area (Å²) >= 11 is 0. The van der Waals surface area contributed by atoms with Gasteiger partial charge in [0.2, 0.25) is 0 Å². The quantitative estimate of drug-likeness (QED) is 0.650. The van der Waals surface area contributed by atoms with Crippen molar-refractivity contribution in [3.05, 3.63) is 48.3 Å². The summed E-state index contributed by atoms with van der Waals surface area (Å²) in [6.45, 7) is 7.15. The number of hydrogen-bond donors (Lipinski definition) is 0. The van der Waals surface area contributed by atoms with Crippen LogP contribution in [0.5, 0.6) is 0 Å². The fraction of sp³-hybridized carbons (Fsp3) is 0.476. The molecule has 0 saturated carbocycles. The molecule has 29 heavy (non-hydrogen) atoms. The Morgan fingerprint density at radius 3 is 2.41 bits per heavy atom. The van der Waals surface area contributed by atoms with Gasteiger partial charge in [-0.1, -0.05) is 30.3 Å². The molecule has 0 spiro atoms. The molecule has 0 unspecified atom stereocenters. The minimum atomic E-state index is -0.951. The van der Waals surface area contributed by atoms with Crippen molar-refractivity contribution in [3.63, 3.8) is 0 Å². The third-order valence-corrected chi connectivity index (χ3v) is 3.91. The van der Waals surface area contributed by atoms with E-state index in [-0.39, 0.29) is 26.4 Å². The summed E-state index contributed by atoms with van der Waals surface area (Å²) in [5.74, 6) is -0.973. The lowest BCUT2D eigenvalue weighted by Gasteiger charge is -2.35. The standard InChI is InChI=1S/C21H28N2O6/c1-5-28-18(24)13-22-11-12-23(20(26)29-21(2,3)4)17(19(22)25)15-27-14-16-9-7-6-8-10-16/h6-12,17H,5,13-15H2,1-4H3/t17-/m0/s1. The van der Waals surface area contributed by atoms with Crippen molar-refractivity contribution in [2.24, 2.45) is 0 Å². The van der Waals surface area contributed by atoms with Crippen LogP contribution >= 0.6 is 0 Å². The van der Waals surface area contributed by atoms with Gasteiger partial charge in [0.05, 0.1) is 19.8 Å². The zero-order valence-corrected chi connectivity index (χ0v) is 17.3. The van der Waals surface area contributed by atoms with Crippen molar-refractivity contribution < 1.29 is 28.6 Å². The molecule has 0 N–H and O–H groups in total. The van der Waals surface area contributed by atoms with E-state index < -0.39 is 29.6 Å². The number of rotatable bonds is 7. The van der Waals surface area contributed by atoms with Crippen LogP contribution in [0.2, 0.25) is 0 Å². The van der Waals surface area contributed by atoms with E-state index in [1.807, 2.05) is 30.3 Å². The highest BCUT2D eigenvalue weighted by atomic mass is 16.6. The third kappa shape index (κ3) is 6.90. The Balaban J connectivity index is 2.12. The van der Waals surface area contributed by atoms with E-state index in [9.17, 15) is 14.4 Å². The Kier molecular flexibility index (Phi) is 7.78. The zero-order valence-electron chi connectivity index (χ0n) is 17.3. The Morgan fingerprint density at radius 2 is 1.79 bits per heavy atom. The lowest BCUT2D eigenvalue weighted by atomic mass is 10.2. The van der Waals surface area contributed by atoms with E-state index in [1.54, 1.807) is 27.7 Å². The smallest absolute Gasteiger partial charge is 0.415 e. The number of nitrogens with zero attached hydrogens (tertiary/aromatic N) is 2.